The molecule has 28 heavy (non-hydrogen) atoms. The number of nitrogens with zero attached hydrogens (tertiary/aromatic N) is 1. The van der Waals surface area contributed by atoms with Crippen LogP contribution in [0.4, 0.5) is 10.5 Å². The second-order valence-electron chi connectivity index (χ2n) is 6.52. The maximum Gasteiger partial charge on any atom is 0.333 e. The van der Waals surface area contributed by atoms with Gasteiger partial charge < -0.3 is 15.2 Å². The van der Waals surface area contributed by atoms with Gasteiger partial charge in [-0.2, -0.15) is 0 Å². The summed E-state index contributed by atoms with van der Waals surface area (Å²) >= 11 is 0. The van der Waals surface area contributed by atoms with Crippen molar-refractivity contribution < 1.29 is 19.4 Å². The number of ether oxygens (including phenoxy) is 1. The first-order valence-electron chi connectivity index (χ1n) is 9.51. The smallest absolute Gasteiger partial charge is 0.333 e. The highest BCUT2D eigenvalue weighted by Gasteiger charge is 2.18. The predicted octanol–water partition coefficient (Wildman–Crippen LogP) is 3.94. The van der Waals surface area contributed by atoms with Crippen LogP contribution in [-0.4, -0.2) is 43.4 Å². The zero-order chi connectivity index (χ0) is 20.5. The van der Waals surface area contributed by atoms with Gasteiger partial charge in [0.15, 0.2) is 6.10 Å². The van der Waals surface area contributed by atoms with E-state index >= 15 is 0 Å². The highest BCUT2D eigenvalue weighted by Crippen LogP contribution is 2.25. The van der Waals surface area contributed by atoms with E-state index in [9.17, 15) is 14.7 Å². The second-order valence-corrected chi connectivity index (χ2v) is 6.52. The molecule has 0 aliphatic heterocycles. The van der Waals surface area contributed by atoms with Gasteiger partial charge in [0, 0.05) is 32.3 Å². The standard InChI is InChI=1S/C22H28N2O4/c1-4-13-23-22(27)24(3)19-8-6-7-18(15-19)17-11-9-16(10-12-17)14-20(21(25)26)28-5-2/h6-12,15,20H,4-5,13-14H2,1-3H3,(H,23,27)(H,25,26). The van der Waals surface area contributed by atoms with Crippen molar-refractivity contribution in [2.24, 2.45) is 0 Å². The summed E-state index contributed by atoms with van der Waals surface area (Å²) in [6, 6.07) is 15.3. The van der Waals surface area contributed by atoms with Crippen molar-refractivity contribution in [1.82, 2.24) is 5.32 Å². The Morgan fingerprint density at radius 2 is 1.82 bits per heavy atom. The second kappa shape index (κ2) is 10.5. The summed E-state index contributed by atoms with van der Waals surface area (Å²) in [7, 11) is 1.74. The Bertz CT molecular complexity index is 789. The number of nitrogens with one attached hydrogen (secondary N) is 1. The molecule has 0 aliphatic rings. The lowest BCUT2D eigenvalue weighted by Crippen LogP contribution is -2.37. The molecular formula is C22H28N2O4. The average molecular weight is 384 g/mol. The van der Waals surface area contributed by atoms with Crippen LogP contribution in [0.5, 0.6) is 0 Å². The summed E-state index contributed by atoms with van der Waals surface area (Å²) < 4.78 is 5.27. The molecule has 0 saturated heterocycles. The summed E-state index contributed by atoms with van der Waals surface area (Å²) in [6.07, 6.45) is 0.372. The third-order valence-electron chi connectivity index (χ3n) is 4.42. The summed E-state index contributed by atoms with van der Waals surface area (Å²) in [4.78, 5) is 25.0. The van der Waals surface area contributed by atoms with E-state index in [4.69, 9.17) is 4.74 Å². The Labute approximate surface area is 166 Å². The lowest BCUT2D eigenvalue weighted by atomic mass is 10.0. The number of amides is 2. The largest absolute Gasteiger partial charge is 0.479 e. The van der Waals surface area contributed by atoms with E-state index in [2.05, 4.69) is 5.32 Å². The molecule has 2 amide bonds. The minimum absolute atomic E-state index is 0.134. The third kappa shape index (κ3) is 5.82. The van der Waals surface area contributed by atoms with Crippen LogP contribution in [0.3, 0.4) is 0 Å². The van der Waals surface area contributed by atoms with Crippen LogP contribution in [-0.2, 0) is 16.0 Å². The van der Waals surface area contributed by atoms with E-state index in [-0.39, 0.29) is 6.03 Å². The lowest BCUT2D eigenvalue weighted by Gasteiger charge is -2.19. The van der Waals surface area contributed by atoms with Crippen LogP contribution >= 0.6 is 0 Å². The van der Waals surface area contributed by atoms with Gasteiger partial charge in [-0.25, -0.2) is 9.59 Å². The molecule has 0 radical (unpaired) electrons. The first-order chi connectivity index (χ1) is 13.5. The number of carbonyl (C=O) groups excluding carboxylic acids is 1. The van der Waals surface area contributed by atoms with Gasteiger partial charge in [0.05, 0.1) is 0 Å². The maximum absolute atomic E-state index is 12.2. The number of hydrogen-bond donors (Lipinski definition) is 2. The third-order valence-corrected chi connectivity index (χ3v) is 4.42. The molecule has 2 N–H and O–H groups in total. The minimum atomic E-state index is -0.956. The highest BCUT2D eigenvalue weighted by molar-refractivity contribution is 5.92. The highest BCUT2D eigenvalue weighted by atomic mass is 16.5. The van der Waals surface area contributed by atoms with E-state index in [1.165, 1.54) is 0 Å². The van der Waals surface area contributed by atoms with Gasteiger partial charge in [-0.05, 0) is 42.2 Å². The SMILES string of the molecule is CCCNC(=O)N(C)c1cccc(-c2ccc(CC(OCC)C(=O)O)cc2)c1. The molecule has 150 valence electrons. The van der Waals surface area contributed by atoms with Crippen molar-refractivity contribution in [3.05, 3.63) is 54.1 Å². The Hall–Kier alpha value is -2.86. The molecule has 0 spiro atoms. The molecule has 0 aromatic heterocycles. The van der Waals surface area contributed by atoms with Gasteiger partial charge in [0.25, 0.3) is 0 Å². The molecule has 0 heterocycles. The van der Waals surface area contributed by atoms with Gasteiger partial charge >= 0.3 is 12.0 Å². The normalized spacial score (nSPS) is 11.7. The molecule has 0 bridgehead atoms. The molecule has 0 aliphatic carbocycles. The molecule has 1 atom stereocenters. The van der Waals surface area contributed by atoms with E-state index in [1.54, 1.807) is 18.9 Å². The van der Waals surface area contributed by atoms with Crippen molar-refractivity contribution in [3.8, 4) is 11.1 Å². The van der Waals surface area contributed by atoms with Crippen molar-refractivity contribution >= 4 is 17.7 Å². The number of carboxylic acids is 1. The van der Waals surface area contributed by atoms with E-state index in [1.807, 2.05) is 55.5 Å². The molecule has 1 unspecified atom stereocenters. The Balaban J connectivity index is 2.13. The fourth-order valence-corrected chi connectivity index (χ4v) is 2.83. The number of anilines is 1. The number of rotatable bonds is 9. The van der Waals surface area contributed by atoms with Crippen molar-refractivity contribution in [3.63, 3.8) is 0 Å². The van der Waals surface area contributed by atoms with Crippen LogP contribution < -0.4 is 10.2 Å². The molecule has 2 aromatic carbocycles. The van der Waals surface area contributed by atoms with Gasteiger partial charge in [-0.15, -0.1) is 0 Å². The molecular weight excluding hydrogens is 356 g/mol. The van der Waals surface area contributed by atoms with Gasteiger partial charge in [0.2, 0.25) is 0 Å². The quantitative estimate of drug-likeness (QED) is 0.686. The van der Waals surface area contributed by atoms with Crippen molar-refractivity contribution in [2.75, 3.05) is 25.1 Å². The van der Waals surface area contributed by atoms with Crippen LogP contribution in [0.15, 0.2) is 48.5 Å². The molecule has 2 aromatic rings. The van der Waals surface area contributed by atoms with Crippen molar-refractivity contribution in [1.29, 1.82) is 0 Å². The molecule has 2 rings (SSSR count). The monoisotopic (exact) mass is 384 g/mol. The van der Waals surface area contributed by atoms with E-state index < -0.39 is 12.1 Å². The number of carboxylic acid groups (broad SMARTS) is 1. The minimum Gasteiger partial charge on any atom is -0.479 e. The number of hydrogen-bond acceptors (Lipinski definition) is 3. The molecule has 0 saturated carbocycles. The van der Waals surface area contributed by atoms with Crippen LogP contribution in [0.2, 0.25) is 0 Å². The van der Waals surface area contributed by atoms with Crippen LogP contribution in [0.1, 0.15) is 25.8 Å². The van der Waals surface area contributed by atoms with Crippen LogP contribution in [0, 0.1) is 0 Å². The topological polar surface area (TPSA) is 78.9 Å². The van der Waals surface area contributed by atoms with Gasteiger partial charge in [0.1, 0.15) is 0 Å². The fraction of sp³-hybridized carbons (Fsp3) is 0.364. The fourth-order valence-electron chi connectivity index (χ4n) is 2.83. The van der Waals surface area contributed by atoms with E-state index in [0.29, 0.717) is 19.6 Å². The number of urea groups is 1. The molecule has 6 heteroatoms. The summed E-state index contributed by atoms with van der Waals surface area (Å²) in [5.74, 6) is -0.956. The van der Waals surface area contributed by atoms with Gasteiger partial charge in [-0.1, -0.05) is 43.3 Å². The Morgan fingerprint density at radius 3 is 2.43 bits per heavy atom. The average Bonchev–Trinajstić information content (AvgIpc) is 2.71. The number of aliphatic carboxylic acids is 1. The number of carbonyl (C=O) groups is 2. The lowest BCUT2D eigenvalue weighted by molar-refractivity contribution is -0.149. The zero-order valence-electron chi connectivity index (χ0n) is 16.6. The first kappa shape index (κ1) is 21.4. The number of benzene rings is 2. The molecule has 0 fully saturated rings. The van der Waals surface area contributed by atoms with Crippen LogP contribution in [0.25, 0.3) is 11.1 Å². The molecule has 6 nitrogen and oxygen atoms in total. The Kier molecular flexibility index (Phi) is 8.02. The maximum atomic E-state index is 12.2. The Morgan fingerprint density at radius 1 is 1.11 bits per heavy atom. The summed E-state index contributed by atoms with van der Waals surface area (Å²) in [5.41, 5.74) is 3.68. The van der Waals surface area contributed by atoms with Crippen molar-refractivity contribution in [2.45, 2.75) is 32.8 Å². The first-order valence-corrected chi connectivity index (χ1v) is 9.51. The van der Waals surface area contributed by atoms with E-state index in [0.717, 1.165) is 28.8 Å². The summed E-state index contributed by atoms with van der Waals surface area (Å²) in [6.45, 7) is 4.80. The zero-order valence-corrected chi connectivity index (χ0v) is 16.6. The summed E-state index contributed by atoms with van der Waals surface area (Å²) in [5, 5.41) is 12.1. The predicted molar refractivity (Wildman–Crippen MR) is 111 cm³/mol. The van der Waals surface area contributed by atoms with Gasteiger partial charge in [-0.3, -0.25) is 4.90 Å².